The Bertz CT molecular complexity index is 583. The number of amides is 1. The summed E-state index contributed by atoms with van der Waals surface area (Å²) < 4.78 is 5.00. The molecule has 1 amide bonds. The number of carbonyl (C=O) groups excluding carboxylic acids is 1. The zero-order chi connectivity index (χ0) is 14.4. The van der Waals surface area contributed by atoms with Crippen molar-refractivity contribution in [3.8, 4) is 5.75 Å². The highest BCUT2D eigenvalue weighted by Gasteiger charge is 2.22. The molecule has 1 atom stereocenters. The van der Waals surface area contributed by atoms with E-state index in [1.807, 2.05) is 0 Å². The van der Waals surface area contributed by atoms with Crippen molar-refractivity contribution in [1.29, 1.82) is 0 Å². The molecule has 20 heavy (non-hydrogen) atoms. The highest BCUT2D eigenvalue weighted by atomic mass is 16.6. The lowest BCUT2D eigenvalue weighted by atomic mass is 10.1. The Morgan fingerprint density at radius 3 is 2.05 bits per heavy atom. The fourth-order valence-corrected chi connectivity index (χ4v) is 1.68. The van der Waals surface area contributed by atoms with Gasteiger partial charge in [0.1, 0.15) is 5.75 Å². The van der Waals surface area contributed by atoms with Gasteiger partial charge in [0.05, 0.1) is 0 Å². The molecule has 0 aromatic heterocycles. The molecular formula is C15H13NO4. The number of carbonyl (C=O) groups is 2. The number of ether oxygens (including phenoxy) is 1. The lowest BCUT2D eigenvalue weighted by Gasteiger charge is -2.14. The molecule has 0 aliphatic heterocycles. The highest BCUT2D eigenvalue weighted by Crippen LogP contribution is 2.14. The van der Waals surface area contributed by atoms with Crippen molar-refractivity contribution in [2.24, 2.45) is 0 Å². The van der Waals surface area contributed by atoms with Gasteiger partial charge in [-0.05, 0) is 17.7 Å². The summed E-state index contributed by atoms with van der Waals surface area (Å²) in [5, 5.41) is 11.5. The van der Waals surface area contributed by atoms with E-state index in [-0.39, 0.29) is 0 Å². The minimum absolute atomic E-state index is 0.349. The van der Waals surface area contributed by atoms with Crippen LogP contribution in [0.2, 0.25) is 0 Å². The van der Waals surface area contributed by atoms with Crippen molar-refractivity contribution in [2.45, 2.75) is 6.04 Å². The van der Waals surface area contributed by atoms with Gasteiger partial charge in [0.25, 0.3) is 0 Å². The maximum Gasteiger partial charge on any atom is 0.413 e. The SMILES string of the molecule is O=C(N[C@H](C(=O)O)c1ccccc1)Oc1ccccc1. The van der Waals surface area contributed by atoms with Crippen LogP contribution in [0.3, 0.4) is 0 Å². The largest absolute Gasteiger partial charge is 0.479 e. The summed E-state index contributed by atoms with van der Waals surface area (Å²) in [6, 6.07) is 15.7. The van der Waals surface area contributed by atoms with Gasteiger partial charge in [-0.2, -0.15) is 0 Å². The van der Waals surface area contributed by atoms with E-state index in [2.05, 4.69) is 5.32 Å². The fraction of sp³-hybridized carbons (Fsp3) is 0.0667. The molecule has 0 saturated carbocycles. The van der Waals surface area contributed by atoms with Crippen LogP contribution in [0.4, 0.5) is 4.79 Å². The van der Waals surface area contributed by atoms with Gasteiger partial charge < -0.3 is 15.2 Å². The van der Waals surface area contributed by atoms with Crippen LogP contribution in [0.1, 0.15) is 11.6 Å². The summed E-state index contributed by atoms with van der Waals surface area (Å²) in [4.78, 5) is 22.9. The molecule has 0 radical (unpaired) electrons. The zero-order valence-corrected chi connectivity index (χ0v) is 10.5. The molecule has 0 bridgehead atoms. The van der Waals surface area contributed by atoms with Crippen LogP contribution >= 0.6 is 0 Å². The summed E-state index contributed by atoms with van der Waals surface area (Å²) in [5.74, 6) is -0.802. The number of rotatable bonds is 4. The van der Waals surface area contributed by atoms with Crippen molar-refractivity contribution < 1.29 is 19.4 Å². The van der Waals surface area contributed by atoms with E-state index in [1.54, 1.807) is 60.7 Å². The van der Waals surface area contributed by atoms with E-state index in [9.17, 15) is 14.7 Å². The van der Waals surface area contributed by atoms with Gasteiger partial charge in [0.2, 0.25) is 0 Å². The molecule has 0 fully saturated rings. The Hall–Kier alpha value is -2.82. The topological polar surface area (TPSA) is 75.6 Å². The molecule has 0 aliphatic rings. The number of carboxylic acid groups (broad SMARTS) is 1. The average molecular weight is 271 g/mol. The molecule has 2 N–H and O–H groups in total. The zero-order valence-electron chi connectivity index (χ0n) is 10.5. The molecular weight excluding hydrogens is 258 g/mol. The van der Waals surface area contributed by atoms with Gasteiger partial charge in [-0.15, -0.1) is 0 Å². The highest BCUT2D eigenvalue weighted by molar-refractivity contribution is 5.82. The molecule has 2 aromatic rings. The Labute approximate surface area is 115 Å². The smallest absolute Gasteiger partial charge is 0.413 e. The van der Waals surface area contributed by atoms with Crippen LogP contribution in [0.15, 0.2) is 60.7 Å². The van der Waals surface area contributed by atoms with Gasteiger partial charge in [-0.25, -0.2) is 9.59 Å². The van der Waals surface area contributed by atoms with Crippen molar-refractivity contribution >= 4 is 12.1 Å². The molecule has 0 unspecified atom stereocenters. The van der Waals surface area contributed by atoms with E-state index in [0.29, 0.717) is 11.3 Å². The number of carboxylic acids is 1. The monoisotopic (exact) mass is 271 g/mol. The minimum atomic E-state index is -1.15. The third kappa shape index (κ3) is 3.58. The Morgan fingerprint density at radius 2 is 1.50 bits per heavy atom. The number of aliphatic carboxylic acids is 1. The lowest BCUT2D eigenvalue weighted by Crippen LogP contribution is -2.35. The molecule has 2 rings (SSSR count). The molecule has 5 heteroatoms. The summed E-state index contributed by atoms with van der Waals surface area (Å²) in [6.45, 7) is 0. The molecule has 5 nitrogen and oxygen atoms in total. The number of nitrogens with one attached hydrogen (secondary N) is 1. The Kier molecular flexibility index (Phi) is 4.34. The van der Waals surface area contributed by atoms with E-state index in [4.69, 9.17) is 4.74 Å². The first kappa shape index (κ1) is 13.6. The standard InChI is InChI=1S/C15H13NO4/c17-14(18)13(11-7-3-1-4-8-11)16-15(19)20-12-9-5-2-6-10-12/h1-10,13H,(H,16,19)(H,17,18)/t13-/m0/s1. The second-order valence-corrected chi connectivity index (χ2v) is 4.03. The number of para-hydroxylation sites is 1. The van der Waals surface area contributed by atoms with E-state index >= 15 is 0 Å². The Morgan fingerprint density at radius 1 is 0.950 bits per heavy atom. The minimum Gasteiger partial charge on any atom is -0.479 e. The van der Waals surface area contributed by atoms with Gasteiger partial charge in [-0.1, -0.05) is 48.5 Å². The van der Waals surface area contributed by atoms with Crippen LogP contribution < -0.4 is 10.1 Å². The summed E-state index contributed by atoms with van der Waals surface area (Å²) in [7, 11) is 0. The van der Waals surface area contributed by atoms with Gasteiger partial charge in [-0.3, -0.25) is 0 Å². The van der Waals surface area contributed by atoms with Crippen LogP contribution in [-0.4, -0.2) is 17.2 Å². The first-order valence-electron chi connectivity index (χ1n) is 5.98. The van der Waals surface area contributed by atoms with Crippen molar-refractivity contribution in [2.75, 3.05) is 0 Å². The van der Waals surface area contributed by atoms with Crippen LogP contribution in [0.25, 0.3) is 0 Å². The van der Waals surface area contributed by atoms with E-state index in [0.717, 1.165) is 0 Å². The van der Waals surface area contributed by atoms with Gasteiger partial charge in [0, 0.05) is 0 Å². The fourth-order valence-electron chi connectivity index (χ4n) is 1.68. The van der Waals surface area contributed by atoms with Crippen LogP contribution in [-0.2, 0) is 4.79 Å². The molecule has 102 valence electrons. The molecule has 0 saturated heterocycles. The number of benzene rings is 2. The lowest BCUT2D eigenvalue weighted by molar-refractivity contribution is -0.139. The third-order valence-corrected chi connectivity index (χ3v) is 2.60. The summed E-state index contributed by atoms with van der Waals surface area (Å²) >= 11 is 0. The van der Waals surface area contributed by atoms with Crippen LogP contribution in [0.5, 0.6) is 5.75 Å². The van der Waals surface area contributed by atoms with Gasteiger partial charge in [0.15, 0.2) is 6.04 Å². The van der Waals surface area contributed by atoms with Crippen molar-refractivity contribution in [1.82, 2.24) is 5.32 Å². The summed E-state index contributed by atoms with van der Waals surface area (Å²) in [5.41, 5.74) is 0.477. The average Bonchev–Trinajstić information content (AvgIpc) is 2.46. The Balaban J connectivity index is 2.06. The van der Waals surface area contributed by atoms with E-state index < -0.39 is 18.1 Å². The summed E-state index contributed by atoms with van der Waals surface area (Å²) in [6.07, 6.45) is -0.813. The molecule has 0 aliphatic carbocycles. The quantitative estimate of drug-likeness (QED) is 0.896. The number of hydrogen-bond donors (Lipinski definition) is 2. The molecule has 0 heterocycles. The maximum absolute atomic E-state index is 11.7. The second kappa shape index (κ2) is 6.38. The normalized spacial score (nSPS) is 11.4. The third-order valence-electron chi connectivity index (χ3n) is 2.60. The van der Waals surface area contributed by atoms with Crippen molar-refractivity contribution in [3.63, 3.8) is 0 Å². The predicted octanol–water partition coefficient (Wildman–Crippen LogP) is 2.60. The second-order valence-electron chi connectivity index (χ2n) is 4.03. The first-order valence-corrected chi connectivity index (χ1v) is 5.98. The van der Waals surface area contributed by atoms with E-state index in [1.165, 1.54) is 0 Å². The predicted molar refractivity (Wildman–Crippen MR) is 72.4 cm³/mol. The molecule has 0 spiro atoms. The number of hydrogen-bond acceptors (Lipinski definition) is 3. The van der Waals surface area contributed by atoms with Gasteiger partial charge >= 0.3 is 12.1 Å². The van der Waals surface area contributed by atoms with Crippen LogP contribution in [0, 0.1) is 0 Å². The molecule has 2 aromatic carbocycles. The van der Waals surface area contributed by atoms with Crippen molar-refractivity contribution in [3.05, 3.63) is 66.2 Å². The maximum atomic E-state index is 11.7. The first-order chi connectivity index (χ1) is 9.66.